The van der Waals surface area contributed by atoms with Crippen LogP contribution in [-0.4, -0.2) is 38.6 Å². The van der Waals surface area contributed by atoms with Gasteiger partial charge >= 0.3 is 0 Å². The molecule has 0 fully saturated rings. The Morgan fingerprint density at radius 1 is 1.14 bits per heavy atom. The average molecular weight is 475 g/mol. The number of nitrogens with zero attached hydrogens (tertiary/aromatic N) is 4. The maximum absolute atomic E-state index is 12.4. The number of aromatic nitrogens is 4. The second-order valence-electron chi connectivity index (χ2n) is 6.14. The Bertz CT molecular complexity index is 995. The van der Waals surface area contributed by atoms with Crippen molar-refractivity contribution in [3.63, 3.8) is 0 Å². The minimum Gasteiger partial charge on any atom is -0.355 e. The minimum absolute atomic E-state index is 0.113. The summed E-state index contributed by atoms with van der Waals surface area (Å²) in [5, 5.41) is 17.6. The molecule has 1 heterocycles. The molecule has 0 radical (unpaired) electrons. The summed E-state index contributed by atoms with van der Waals surface area (Å²) < 4.78 is 2.39. The molecule has 0 saturated heterocycles. The van der Waals surface area contributed by atoms with Crippen LogP contribution in [0.2, 0.25) is 0 Å². The quantitative estimate of drug-likeness (QED) is 0.520. The molecule has 2 aromatic carbocycles. The monoisotopic (exact) mass is 474 g/mol. The molecular weight excluding hydrogens is 456 g/mol. The van der Waals surface area contributed by atoms with Crippen LogP contribution in [0.15, 0.2) is 63.1 Å². The Labute approximate surface area is 180 Å². The fourth-order valence-corrected chi connectivity index (χ4v) is 3.63. The summed E-state index contributed by atoms with van der Waals surface area (Å²) in [6.07, 6.45) is 0.462. The first-order valence-electron chi connectivity index (χ1n) is 8.81. The van der Waals surface area contributed by atoms with Crippen molar-refractivity contribution in [3.05, 3.63) is 58.6 Å². The van der Waals surface area contributed by atoms with E-state index >= 15 is 0 Å². The van der Waals surface area contributed by atoms with Gasteiger partial charge in [0.2, 0.25) is 17.0 Å². The zero-order valence-electron chi connectivity index (χ0n) is 15.6. The van der Waals surface area contributed by atoms with Crippen molar-refractivity contribution in [3.8, 4) is 0 Å². The molecule has 0 aliphatic rings. The van der Waals surface area contributed by atoms with E-state index in [-0.39, 0.29) is 24.8 Å². The highest BCUT2D eigenvalue weighted by Crippen LogP contribution is 2.33. The number of nitrogens with one attached hydrogen (secondary N) is 2. The fourth-order valence-electron chi connectivity index (χ4n) is 2.47. The van der Waals surface area contributed by atoms with Crippen LogP contribution in [-0.2, 0) is 23.1 Å². The van der Waals surface area contributed by atoms with Crippen molar-refractivity contribution in [2.45, 2.75) is 22.9 Å². The number of hydrogen-bond donors (Lipinski definition) is 2. The highest BCUT2D eigenvalue weighted by Gasteiger charge is 2.13. The molecule has 0 atom stereocenters. The summed E-state index contributed by atoms with van der Waals surface area (Å²) in [6, 6.07) is 15.0. The van der Waals surface area contributed by atoms with Gasteiger partial charge in [0.25, 0.3) is 0 Å². The van der Waals surface area contributed by atoms with Gasteiger partial charge in [0.1, 0.15) is 0 Å². The van der Waals surface area contributed by atoms with Crippen LogP contribution in [0.1, 0.15) is 12.0 Å². The molecule has 0 unspecified atom stereocenters. The van der Waals surface area contributed by atoms with Crippen LogP contribution in [0.5, 0.6) is 0 Å². The number of carbonyl (C=O) groups is 2. The van der Waals surface area contributed by atoms with Gasteiger partial charge in [0.05, 0.1) is 12.1 Å². The largest absolute Gasteiger partial charge is 0.355 e. The summed E-state index contributed by atoms with van der Waals surface area (Å²) in [5.74, 6) is -0.307. The molecule has 150 valence electrons. The second kappa shape index (κ2) is 10.2. The Kier molecular flexibility index (Phi) is 7.36. The van der Waals surface area contributed by atoms with Crippen LogP contribution in [0.4, 0.5) is 5.69 Å². The first-order chi connectivity index (χ1) is 14.0. The van der Waals surface area contributed by atoms with E-state index in [1.165, 1.54) is 11.8 Å². The number of rotatable bonds is 8. The lowest BCUT2D eigenvalue weighted by Crippen LogP contribution is -2.28. The van der Waals surface area contributed by atoms with Crippen molar-refractivity contribution < 1.29 is 9.59 Å². The summed E-state index contributed by atoms with van der Waals surface area (Å²) in [4.78, 5) is 25.2. The number of tetrazole rings is 1. The van der Waals surface area contributed by atoms with Gasteiger partial charge in [-0.1, -0.05) is 46.3 Å². The van der Waals surface area contributed by atoms with Gasteiger partial charge < -0.3 is 10.6 Å². The summed E-state index contributed by atoms with van der Waals surface area (Å²) >= 11 is 4.77. The van der Waals surface area contributed by atoms with E-state index in [1.807, 2.05) is 48.5 Å². The third-order valence-corrected chi connectivity index (χ3v) is 5.48. The van der Waals surface area contributed by atoms with Gasteiger partial charge in [-0.2, -0.15) is 0 Å². The van der Waals surface area contributed by atoms with E-state index in [1.54, 1.807) is 11.7 Å². The third-order valence-electron chi connectivity index (χ3n) is 3.88. The Morgan fingerprint density at radius 3 is 2.66 bits per heavy atom. The molecule has 0 aliphatic carbocycles. The van der Waals surface area contributed by atoms with E-state index in [4.69, 9.17) is 0 Å². The molecule has 2 N–H and O–H groups in total. The lowest BCUT2D eigenvalue weighted by atomic mass is 10.1. The Hall–Kier alpha value is -2.72. The van der Waals surface area contributed by atoms with Gasteiger partial charge in [-0.05, 0) is 46.0 Å². The van der Waals surface area contributed by atoms with Gasteiger partial charge in [0.15, 0.2) is 0 Å². The van der Waals surface area contributed by atoms with Crippen molar-refractivity contribution in [2.75, 3.05) is 11.9 Å². The van der Waals surface area contributed by atoms with Crippen LogP contribution < -0.4 is 10.6 Å². The molecule has 0 aliphatic heterocycles. The number of halogens is 1. The second-order valence-corrected chi connectivity index (χ2v) is 8.06. The van der Waals surface area contributed by atoms with Crippen molar-refractivity contribution in [2.24, 2.45) is 7.05 Å². The van der Waals surface area contributed by atoms with E-state index in [0.717, 1.165) is 14.9 Å². The number of aryl methyl sites for hydroxylation is 1. The Morgan fingerprint density at radius 2 is 1.93 bits per heavy atom. The van der Waals surface area contributed by atoms with Gasteiger partial charge in [-0.25, -0.2) is 4.68 Å². The first-order valence-corrected chi connectivity index (χ1v) is 10.4. The maximum atomic E-state index is 12.4. The zero-order valence-corrected chi connectivity index (χ0v) is 18.0. The third kappa shape index (κ3) is 6.40. The van der Waals surface area contributed by atoms with E-state index in [9.17, 15) is 9.59 Å². The van der Waals surface area contributed by atoms with Crippen molar-refractivity contribution in [1.82, 2.24) is 25.5 Å². The van der Waals surface area contributed by atoms with Crippen LogP contribution in [0, 0.1) is 0 Å². The number of hydrogen-bond acceptors (Lipinski definition) is 6. The number of anilines is 1. The molecule has 1 aromatic heterocycles. The molecule has 29 heavy (non-hydrogen) atoms. The molecule has 0 saturated carbocycles. The summed E-state index contributed by atoms with van der Waals surface area (Å²) in [7, 11) is 1.75. The van der Waals surface area contributed by atoms with Crippen LogP contribution in [0.3, 0.4) is 0 Å². The fraction of sp³-hybridized carbons (Fsp3) is 0.211. The van der Waals surface area contributed by atoms with E-state index in [2.05, 4.69) is 42.1 Å². The maximum Gasteiger partial charge on any atom is 0.226 e. The SMILES string of the molecule is Cn1nnnc1Sc1ccc(Br)cc1NC(=O)CCNC(=O)Cc1ccccc1. The van der Waals surface area contributed by atoms with Gasteiger partial charge in [0, 0.05) is 29.4 Å². The van der Waals surface area contributed by atoms with Crippen molar-refractivity contribution >= 4 is 45.2 Å². The topological polar surface area (TPSA) is 102 Å². The lowest BCUT2D eigenvalue weighted by Gasteiger charge is -2.11. The molecule has 8 nitrogen and oxygen atoms in total. The van der Waals surface area contributed by atoms with E-state index < -0.39 is 0 Å². The van der Waals surface area contributed by atoms with Crippen LogP contribution in [0.25, 0.3) is 0 Å². The van der Waals surface area contributed by atoms with Gasteiger partial charge in [-0.3, -0.25) is 9.59 Å². The molecule has 0 spiro atoms. The molecule has 3 rings (SSSR count). The molecule has 2 amide bonds. The Balaban J connectivity index is 1.53. The van der Waals surface area contributed by atoms with Crippen molar-refractivity contribution in [1.29, 1.82) is 0 Å². The average Bonchev–Trinajstić information content (AvgIpc) is 3.09. The minimum atomic E-state index is -0.193. The molecule has 0 bridgehead atoms. The summed E-state index contributed by atoms with van der Waals surface area (Å²) in [5.41, 5.74) is 1.58. The smallest absolute Gasteiger partial charge is 0.226 e. The normalized spacial score (nSPS) is 10.6. The highest BCUT2D eigenvalue weighted by atomic mass is 79.9. The first kappa shape index (κ1) is 21.0. The predicted octanol–water partition coefficient (Wildman–Crippen LogP) is 2.81. The number of carbonyl (C=O) groups excluding carboxylic acids is 2. The standard InChI is InChI=1S/C19H19BrN6O2S/c1-26-19(23-24-25-26)29-16-8-7-14(20)12-15(16)22-17(27)9-10-21-18(28)11-13-5-3-2-4-6-13/h2-8,12H,9-11H2,1H3,(H,21,28)(H,22,27). The highest BCUT2D eigenvalue weighted by molar-refractivity contribution is 9.10. The molecule has 3 aromatic rings. The number of amides is 2. The predicted molar refractivity (Wildman–Crippen MR) is 113 cm³/mol. The molecular formula is C19H19BrN6O2S. The number of benzene rings is 2. The van der Waals surface area contributed by atoms with Gasteiger partial charge in [-0.15, -0.1) is 5.10 Å². The zero-order chi connectivity index (χ0) is 20.6. The van der Waals surface area contributed by atoms with Crippen LogP contribution >= 0.6 is 27.7 Å². The lowest BCUT2D eigenvalue weighted by molar-refractivity contribution is -0.120. The summed E-state index contributed by atoms with van der Waals surface area (Å²) in [6.45, 7) is 0.265. The molecule has 10 heteroatoms. The van der Waals surface area contributed by atoms with E-state index in [0.29, 0.717) is 17.3 Å².